The lowest BCUT2D eigenvalue weighted by Crippen LogP contribution is -2.42. The maximum atomic E-state index is 12.6. The van der Waals surface area contributed by atoms with Crippen molar-refractivity contribution in [1.82, 2.24) is 14.5 Å². The van der Waals surface area contributed by atoms with E-state index >= 15 is 0 Å². The van der Waals surface area contributed by atoms with E-state index in [0.717, 1.165) is 30.1 Å². The summed E-state index contributed by atoms with van der Waals surface area (Å²) in [6.45, 7) is 5.87. The van der Waals surface area contributed by atoms with Crippen LogP contribution in [-0.4, -0.2) is 33.4 Å². The molecule has 0 saturated carbocycles. The van der Waals surface area contributed by atoms with E-state index in [0.29, 0.717) is 18.4 Å². The highest BCUT2D eigenvalue weighted by molar-refractivity contribution is 7.09. The van der Waals surface area contributed by atoms with Gasteiger partial charge in [0.05, 0.1) is 10.7 Å². The van der Waals surface area contributed by atoms with Crippen molar-refractivity contribution in [2.75, 3.05) is 13.1 Å². The fourth-order valence-electron chi connectivity index (χ4n) is 3.00. The minimum atomic E-state index is -0.138. The minimum Gasteiger partial charge on any atom is -0.340 e. The van der Waals surface area contributed by atoms with Crippen LogP contribution in [0.2, 0.25) is 0 Å². The molecule has 5 nitrogen and oxygen atoms in total. The summed E-state index contributed by atoms with van der Waals surface area (Å²) in [6.07, 6.45) is 3.72. The Balaban J connectivity index is 1.67. The zero-order chi connectivity index (χ0) is 17.1. The minimum absolute atomic E-state index is 0.00800. The third-order valence-corrected chi connectivity index (χ3v) is 5.48. The van der Waals surface area contributed by atoms with Gasteiger partial charge in [0.2, 0.25) is 5.91 Å². The van der Waals surface area contributed by atoms with E-state index in [9.17, 15) is 9.59 Å². The molecule has 2 aromatic heterocycles. The monoisotopic (exact) mass is 345 g/mol. The topological polar surface area (TPSA) is 55.2 Å². The first-order valence-electron chi connectivity index (χ1n) is 8.43. The van der Waals surface area contributed by atoms with Gasteiger partial charge in [-0.3, -0.25) is 9.59 Å². The number of amides is 1. The number of nitrogens with zero attached hydrogens (tertiary/aromatic N) is 3. The largest absolute Gasteiger partial charge is 0.340 e. The quantitative estimate of drug-likeness (QED) is 0.856. The van der Waals surface area contributed by atoms with E-state index in [-0.39, 0.29) is 18.0 Å². The third-order valence-electron chi connectivity index (χ3n) is 4.46. The van der Waals surface area contributed by atoms with Gasteiger partial charge in [0.1, 0.15) is 6.54 Å². The van der Waals surface area contributed by atoms with Gasteiger partial charge in [0.25, 0.3) is 5.56 Å². The maximum absolute atomic E-state index is 12.6. The molecule has 3 rings (SSSR count). The van der Waals surface area contributed by atoms with Crippen molar-refractivity contribution in [3.63, 3.8) is 0 Å². The first-order chi connectivity index (χ1) is 11.5. The molecular formula is C18H23N3O2S. The van der Waals surface area contributed by atoms with Gasteiger partial charge in [0.15, 0.2) is 0 Å². The number of aromatic nitrogens is 2. The standard InChI is InChI=1S/C18H23N3O2S/c1-13(2)15-12-24-18(19-15)14-6-5-9-20(10-14)17(23)11-21-8-4-3-7-16(21)22/h3-4,7-8,12-14H,5-6,9-11H2,1-2H3/t14-/m0/s1. The van der Waals surface area contributed by atoms with Crippen LogP contribution in [0.3, 0.4) is 0 Å². The fourth-order valence-corrected chi connectivity index (χ4v) is 4.10. The molecule has 0 spiro atoms. The molecule has 0 radical (unpaired) electrons. The number of rotatable bonds is 4. The van der Waals surface area contributed by atoms with Crippen molar-refractivity contribution in [3.05, 3.63) is 50.8 Å². The van der Waals surface area contributed by atoms with Gasteiger partial charge < -0.3 is 9.47 Å². The lowest BCUT2D eigenvalue weighted by Gasteiger charge is -2.32. The molecule has 1 atom stereocenters. The number of hydrogen-bond acceptors (Lipinski definition) is 4. The molecule has 0 bridgehead atoms. The summed E-state index contributed by atoms with van der Waals surface area (Å²) in [7, 11) is 0. The molecule has 0 aliphatic carbocycles. The predicted octanol–water partition coefficient (Wildman–Crippen LogP) is 2.83. The zero-order valence-corrected chi connectivity index (χ0v) is 15.0. The molecule has 2 aromatic rings. The van der Waals surface area contributed by atoms with Gasteiger partial charge in [0, 0.05) is 36.7 Å². The summed E-state index contributed by atoms with van der Waals surface area (Å²) in [6, 6.07) is 4.95. The van der Waals surface area contributed by atoms with Gasteiger partial charge >= 0.3 is 0 Å². The van der Waals surface area contributed by atoms with Gasteiger partial charge in [-0.15, -0.1) is 11.3 Å². The second kappa shape index (κ2) is 7.30. The lowest BCUT2D eigenvalue weighted by atomic mass is 9.98. The first kappa shape index (κ1) is 16.9. The number of carbonyl (C=O) groups is 1. The Labute approximate surface area is 146 Å². The number of hydrogen-bond donors (Lipinski definition) is 0. The molecule has 24 heavy (non-hydrogen) atoms. The smallest absolute Gasteiger partial charge is 0.250 e. The van der Waals surface area contributed by atoms with Crippen LogP contribution in [0.25, 0.3) is 0 Å². The van der Waals surface area contributed by atoms with Crippen LogP contribution in [0.5, 0.6) is 0 Å². The van der Waals surface area contributed by atoms with Crippen LogP contribution in [0.15, 0.2) is 34.6 Å². The summed E-state index contributed by atoms with van der Waals surface area (Å²) < 4.78 is 1.46. The van der Waals surface area contributed by atoms with E-state index in [4.69, 9.17) is 4.98 Å². The molecule has 1 amide bonds. The molecule has 3 heterocycles. The number of thiazole rings is 1. The van der Waals surface area contributed by atoms with Gasteiger partial charge in [-0.05, 0) is 24.8 Å². The van der Waals surface area contributed by atoms with E-state index in [1.165, 1.54) is 10.6 Å². The van der Waals surface area contributed by atoms with Crippen LogP contribution >= 0.6 is 11.3 Å². The SMILES string of the molecule is CC(C)c1csc([C@H]2CCCN(C(=O)Cn3ccccc3=O)C2)n1. The van der Waals surface area contributed by atoms with Crippen molar-refractivity contribution in [3.8, 4) is 0 Å². The highest BCUT2D eigenvalue weighted by Crippen LogP contribution is 2.30. The molecule has 1 aliphatic rings. The van der Waals surface area contributed by atoms with E-state index in [1.807, 2.05) is 4.90 Å². The third kappa shape index (κ3) is 3.75. The lowest BCUT2D eigenvalue weighted by molar-refractivity contribution is -0.133. The summed E-state index contributed by atoms with van der Waals surface area (Å²) in [5, 5.41) is 3.26. The maximum Gasteiger partial charge on any atom is 0.250 e. The van der Waals surface area contributed by atoms with E-state index in [1.54, 1.807) is 29.7 Å². The Kier molecular flexibility index (Phi) is 5.14. The molecule has 0 unspecified atom stereocenters. The Bertz CT molecular complexity index is 765. The Morgan fingerprint density at radius 1 is 1.42 bits per heavy atom. The molecule has 1 fully saturated rings. The van der Waals surface area contributed by atoms with Crippen LogP contribution in [0.1, 0.15) is 49.2 Å². The van der Waals surface area contributed by atoms with Gasteiger partial charge in [-0.2, -0.15) is 0 Å². The zero-order valence-electron chi connectivity index (χ0n) is 14.1. The molecule has 0 N–H and O–H groups in total. The second-order valence-electron chi connectivity index (χ2n) is 6.61. The highest BCUT2D eigenvalue weighted by atomic mass is 32.1. The van der Waals surface area contributed by atoms with Crippen molar-refractivity contribution in [2.45, 2.75) is 45.1 Å². The number of piperidine rings is 1. The van der Waals surface area contributed by atoms with Crippen molar-refractivity contribution < 1.29 is 4.79 Å². The molecule has 0 aromatic carbocycles. The number of carbonyl (C=O) groups excluding carboxylic acids is 1. The molecule has 128 valence electrons. The summed E-state index contributed by atoms with van der Waals surface area (Å²) >= 11 is 1.70. The van der Waals surface area contributed by atoms with Crippen LogP contribution in [0.4, 0.5) is 0 Å². The van der Waals surface area contributed by atoms with Crippen molar-refractivity contribution in [2.24, 2.45) is 0 Å². The summed E-state index contributed by atoms with van der Waals surface area (Å²) in [4.78, 5) is 31.0. The highest BCUT2D eigenvalue weighted by Gasteiger charge is 2.27. The number of likely N-dealkylation sites (tertiary alicyclic amines) is 1. The fraction of sp³-hybridized carbons (Fsp3) is 0.500. The summed E-state index contributed by atoms with van der Waals surface area (Å²) in [5.74, 6) is 0.752. The normalized spacial score (nSPS) is 18.1. The van der Waals surface area contributed by atoms with Crippen LogP contribution in [0, 0.1) is 0 Å². The van der Waals surface area contributed by atoms with Crippen molar-refractivity contribution >= 4 is 17.2 Å². The second-order valence-corrected chi connectivity index (χ2v) is 7.50. The average Bonchev–Trinajstić information content (AvgIpc) is 3.07. The predicted molar refractivity (Wildman–Crippen MR) is 95.5 cm³/mol. The van der Waals surface area contributed by atoms with Crippen LogP contribution in [-0.2, 0) is 11.3 Å². The Morgan fingerprint density at radius 2 is 2.25 bits per heavy atom. The van der Waals surface area contributed by atoms with Crippen molar-refractivity contribution in [1.29, 1.82) is 0 Å². The van der Waals surface area contributed by atoms with Gasteiger partial charge in [-0.1, -0.05) is 19.9 Å². The first-order valence-corrected chi connectivity index (χ1v) is 9.31. The molecule has 1 aliphatic heterocycles. The molecule has 6 heteroatoms. The Hall–Kier alpha value is -1.95. The van der Waals surface area contributed by atoms with Gasteiger partial charge in [-0.25, -0.2) is 4.98 Å². The Morgan fingerprint density at radius 3 is 2.96 bits per heavy atom. The summed E-state index contributed by atoms with van der Waals surface area (Å²) in [5.41, 5.74) is 0.996. The molecular weight excluding hydrogens is 322 g/mol. The van der Waals surface area contributed by atoms with E-state index < -0.39 is 0 Å². The average molecular weight is 345 g/mol. The molecule has 1 saturated heterocycles. The van der Waals surface area contributed by atoms with E-state index in [2.05, 4.69) is 19.2 Å². The van der Waals surface area contributed by atoms with Crippen LogP contribution < -0.4 is 5.56 Å². The number of pyridine rings is 1.